The number of anilines is 1. The first-order chi connectivity index (χ1) is 7.04. The summed E-state index contributed by atoms with van der Waals surface area (Å²) in [4.78, 5) is 2.13. The quantitative estimate of drug-likeness (QED) is 0.810. The predicted octanol–water partition coefficient (Wildman–Crippen LogP) is 2.26. The van der Waals surface area contributed by atoms with Crippen LogP contribution in [0.25, 0.3) is 0 Å². The molecule has 0 amide bonds. The molecule has 0 spiro atoms. The Bertz CT molecular complexity index is 294. The van der Waals surface area contributed by atoms with Crippen molar-refractivity contribution in [3.63, 3.8) is 0 Å². The lowest BCUT2D eigenvalue weighted by molar-refractivity contribution is 0.389. The highest BCUT2D eigenvalue weighted by Crippen LogP contribution is 2.19. The average Bonchev–Trinajstić information content (AvgIpc) is 2.60. The molecule has 0 bridgehead atoms. The van der Waals surface area contributed by atoms with Crippen LogP contribution in [0.5, 0.6) is 0 Å². The van der Waals surface area contributed by atoms with Gasteiger partial charge in [0.1, 0.15) is 5.76 Å². The molecule has 1 atom stereocenters. The molecule has 0 aliphatic heterocycles. The van der Waals surface area contributed by atoms with E-state index in [1.807, 2.05) is 26.1 Å². The van der Waals surface area contributed by atoms with Crippen molar-refractivity contribution in [1.29, 1.82) is 0 Å². The van der Waals surface area contributed by atoms with Gasteiger partial charge in [0.05, 0.1) is 0 Å². The van der Waals surface area contributed by atoms with Gasteiger partial charge in [-0.1, -0.05) is 13.8 Å². The van der Waals surface area contributed by atoms with Crippen molar-refractivity contribution in [2.45, 2.75) is 20.8 Å². The van der Waals surface area contributed by atoms with Crippen molar-refractivity contribution in [3.8, 4) is 0 Å². The highest BCUT2D eigenvalue weighted by Gasteiger charge is 2.15. The molecule has 0 saturated carbocycles. The summed E-state index contributed by atoms with van der Waals surface area (Å²) in [6.07, 6.45) is 0. The Morgan fingerprint density at radius 3 is 2.47 bits per heavy atom. The van der Waals surface area contributed by atoms with Gasteiger partial charge in [-0.25, -0.2) is 0 Å². The molecule has 0 aromatic carbocycles. The molecule has 3 heteroatoms. The molecule has 1 aromatic heterocycles. The van der Waals surface area contributed by atoms with Crippen LogP contribution in [0.1, 0.15) is 19.6 Å². The summed E-state index contributed by atoms with van der Waals surface area (Å²) in [5, 5.41) is 0. The van der Waals surface area contributed by atoms with Gasteiger partial charge < -0.3 is 15.1 Å². The zero-order valence-corrected chi connectivity index (χ0v) is 10.2. The van der Waals surface area contributed by atoms with Gasteiger partial charge in [-0.15, -0.1) is 0 Å². The van der Waals surface area contributed by atoms with E-state index in [1.165, 1.54) is 0 Å². The second-order valence-corrected chi connectivity index (χ2v) is 4.50. The molecule has 0 fully saturated rings. The van der Waals surface area contributed by atoms with Gasteiger partial charge >= 0.3 is 0 Å². The number of aryl methyl sites for hydroxylation is 1. The Labute approximate surface area is 92.2 Å². The van der Waals surface area contributed by atoms with Gasteiger partial charge in [0.25, 0.3) is 0 Å². The number of nitrogens with zero attached hydrogens (tertiary/aromatic N) is 1. The summed E-state index contributed by atoms with van der Waals surface area (Å²) < 4.78 is 5.56. The first kappa shape index (κ1) is 12.1. The molecule has 0 aliphatic carbocycles. The summed E-state index contributed by atoms with van der Waals surface area (Å²) >= 11 is 0. The molecule has 3 nitrogen and oxygen atoms in total. The van der Waals surface area contributed by atoms with Crippen molar-refractivity contribution in [2.24, 2.45) is 17.6 Å². The van der Waals surface area contributed by atoms with Gasteiger partial charge in [-0.2, -0.15) is 0 Å². The second kappa shape index (κ2) is 5.21. The Kier molecular flexibility index (Phi) is 4.21. The Morgan fingerprint density at radius 2 is 2.07 bits per heavy atom. The largest absolute Gasteiger partial charge is 0.446 e. The fourth-order valence-electron chi connectivity index (χ4n) is 1.63. The molecule has 1 aromatic rings. The van der Waals surface area contributed by atoms with Crippen molar-refractivity contribution in [1.82, 2.24) is 0 Å². The molecule has 1 unspecified atom stereocenters. The van der Waals surface area contributed by atoms with Gasteiger partial charge in [-0.3, -0.25) is 0 Å². The maximum absolute atomic E-state index is 5.75. The van der Waals surface area contributed by atoms with Crippen molar-refractivity contribution in [3.05, 3.63) is 17.9 Å². The van der Waals surface area contributed by atoms with E-state index in [4.69, 9.17) is 10.2 Å². The fourth-order valence-corrected chi connectivity index (χ4v) is 1.63. The minimum atomic E-state index is 0.514. The molecule has 0 saturated heterocycles. The number of furan rings is 1. The van der Waals surface area contributed by atoms with E-state index in [0.29, 0.717) is 11.8 Å². The van der Waals surface area contributed by atoms with Gasteiger partial charge in [-0.05, 0) is 31.4 Å². The predicted molar refractivity (Wildman–Crippen MR) is 64.1 cm³/mol. The maximum Gasteiger partial charge on any atom is 0.195 e. The molecule has 1 heterocycles. The van der Waals surface area contributed by atoms with Gasteiger partial charge in [0.15, 0.2) is 5.88 Å². The molecule has 0 aliphatic rings. The van der Waals surface area contributed by atoms with Gasteiger partial charge in [0, 0.05) is 19.7 Å². The highest BCUT2D eigenvalue weighted by atomic mass is 16.4. The minimum Gasteiger partial charge on any atom is -0.446 e. The first-order valence-electron chi connectivity index (χ1n) is 5.52. The molecule has 2 N–H and O–H groups in total. The van der Waals surface area contributed by atoms with Crippen LogP contribution in [0.2, 0.25) is 0 Å². The van der Waals surface area contributed by atoms with E-state index in [1.54, 1.807) is 0 Å². The third-order valence-corrected chi connectivity index (χ3v) is 2.86. The summed E-state index contributed by atoms with van der Waals surface area (Å²) in [5.41, 5.74) is 5.75. The molecular formula is C12H22N2O. The topological polar surface area (TPSA) is 42.4 Å². The lowest BCUT2D eigenvalue weighted by Crippen LogP contribution is -2.33. The third-order valence-electron chi connectivity index (χ3n) is 2.86. The van der Waals surface area contributed by atoms with Gasteiger partial charge in [0.2, 0.25) is 0 Å². The van der Waals surface area contributed by atoms with Crippen LogP contribution in [0, 0.1) is 18.8 Å². The molecular weight excluding hydrogens is 188 g/mol. The van der Waals surface area contributed by atoms with Crippen molar-refractivity contribution < 1.29 is 4.42 Å². The Balaban J connectivity index is 2.58. The number of hydrogen-bond donors (Lipinski definition) is 1. The zero-order valence-electron chi connectivity index (χ0n) is 10.2. The molecule has 0 radical (unpaired) electrons. The van der Waals surface area contributed by atoms with Crippen LogP contribution in [-0.2, 0) is 0 Å². The zero-order chi connectivity index (χ0) is 11.4. The summed E-state index contributed by atoms with van der Waals surface area (Å²) in [6.45, 7) is 8.04. The second-order valence-electron chi connectivity index (χ2n) is 4.50. The standard InChI is InChI=1S/C12H22N2O/c1-9(2)11(7-13)8-14(4)12-6-5-10(3)15-12/h5-6,9,11H,7-8,13H2,1-4H3. The summed E-state index contributed by atoms with van der Waals surface area (Å²) in [5.74, 6) is 2.99. The molecule has 86 valence electrons. The summed E-state index contributed by atoms with van der Waals surface area (Å²) in [6, 6.07) is 3.99. The van der Waals surface area contributed by atoms with E-state index >= 15 is 0 Å². The van der Waals surface area contributed by atoms with E-state index in [0.717, 1.165) is 24.7 Å². The van der Waals surface area contributed by atoms with E-state index in [2.05, 4.69) is 18.7 Å². The van der Waals surface area contributed by atoms with Crippen LogP contribution in [0.15, 0.2) is 16.5 Å². The third kappa shape index (κ3) is 3.27. The van der Waals surface area contributed by atoms with Crippen LogP contribution in [-0.4, -0.2) is 20.1 Å². The SMILES string of the molecule is Cc1ccc(N(C)CC(CN)C(C)C)o1. The van der Waals surface area contributed by atoms with E-state index in [-0.39, 0.29) is 0 Å². The van der Waals surface area contributed by atoms with Crippen LogP contribution < -0.4 is 10.6 Å². The summed E-state index contributed by atoms with van der Waals surface area (Å²) in [7, 11) is 2.04. The lowest BCUT2D eigenvalue weighted by atomic mass is 9.95. The van der Waals surface area contributed by atoms with E-state index < -0.39 is 0 Å². The fraction of sp³-hybridized carbons (Fsp3) is 0.667. The smallest absolute Gasteiger partial charge is 0.195 e. The number of nitrogens with two attached hydrogens (primary N) is 1. The van der Waals surface area contributed by atoms with Crippen LogP contribution in [0.4, 0.5) is 5.88 Å². The first-order valence-corrected chi connectivity index (χ1v) is 5.52. The van der Waals surface area contributed by atoms with Crippen LogP contribution >= 0.6 is 0 Å². The Hall–Kier alpha value is -0.960. The van der Waals surface area contributed by atoms with Crippen LogP contribution in [0.3, 0.4) is 0 Å². The highest BCUT2D eigenvalue weighted by molar-refractivity contribution is 5.35. The monoisotopic (exact) mass is 210 g/mol. The number of hydrogen-bond acceptors (Lipinski definition) is 3. The normalized spacial score (nSPS) is 13.2. The minimum absolute atomic E-state index is 0.514. The van der Waals surface area contributed by atoms with E-state index in [9.17, 15) is 0 Å². The van der Waals surface area contributed by atoms with Crippen molar-refractivity contribution >= 4 is 5.88 Å². The Morgan fingerprint density at radius 1 is 1.40 bits per heavy atom. The average molecular weight is 210 g/mol. The van der Waals surface area contributed by atoms with Crippen molar-refractivity contribution in [2.75, 3.05) is 25.0 Å². The number of rotatable bonds is 5. The lowest BCUT2D eigenvalue weighted by Gasteiger charge is -2.25. The maximum atomic E-state index is 5.75. The molecule has 15 heavy (non-hydrogen) atoms. The molecule has 1 rings (SSSR count).